The van der Waals surface area contributed by atoms with E-state index >= 15 is 0 Å². The number of carboxylic acid groups (broad SMARTS) is 1. The van der Waals surface area contributed by atoms with Crippen molar-refractivity contribution in [3.63, 3.8) is 0 Å². The van der Waals surface area contributed by atoms with Gasteiger partial charge in [-0.25, -0.2) is 0 Å². The number of nitrogens with one attached hydrogen (secondary N) is 1. The molecule has 1 aliphatic rings. The maximum atomic E-state index is 12.1. The van der Waals surface area contributed by atoms with E-state index in [1.54, 1.807) is 0 Å². The van der Waals surface area contributed by atoms with E-state index in [1.807, 2.05) is 42.5 Å². The van der Waals surface area contributed by atoms with Crippen molar-refractivity contribution in [1.82, 2.24) is 5.32 Å². The Bertz CT molecular complexity index is 777. The average molecular weight is 369 g/mol. The Balaban J connectivity index is 1.54. The predicted octanol–water partition coefficient (Wildman–Crippen LogP) is 3.55. The molecule has 0 bridgehead atoms. The maximum Gasteiger partial charge on any atom is 0.308 e. The predicted molar refractivity (Wildman–Crippen MR) is 105 cm³/mol. The average Bonchev–Trinajstić information content (AvgIpc) is 2.70. The molecule has 1 saturated heterocycles. The first-order valence-electron chi connectivity index (χ1n) is 9.71. The van der Waals surface area contributed by atoms with Gasteiger partial charge in [0.05, 0.1) is 12.0 Å². The molecule has 1 amide bonds. The fourth-order valence-electron chi connectivity index (χ4n) is 3.64. The summed E-state index contributed by atoms with van der Waals surface area (Å²) >= 11 is 0. The molecule has 5 nitrogen and oxygen atoms in total. The van der Waals surface area contributed by atoms with Crippen LogP contribution in [0.15, 0.2) is 42.5 Å². The van der Waals surface area contributed by atoms with Gasteiger partial charge in [0.15, 0.2) is 0 Å². The zero-order valence-corrected chi connectivity index (χ0v) is 15.5. The number of ether oxygens (including phenoxy) is 1. The maximum absolute atomic E-state index is 12.1. The Morgan fingerprint density at radius 3 is 2.74 bits per heavy atom. The highest BCUT2D eigenvalue weighted by atomic mass is 16.5. The van der Waals surface area contributed by atoms with Gasteiger partial charge < -0.3 is 15.2 Å². The molecule has 2 aromatic rings. The minimum atomic E-state index is -0.890. The van der Waals surface area contributed by atoms with Gasteiger partial charge in [0.2, 0.25) is 5.91 Å². The van der Waals surface area contributed by atoms with E-state index in [4.69, 9.17) is 4.74 Å². The summed E-state index contributed by atoms with van der Waals surface area (Å²) in [5, 5.41) is 14.5. The number of hydrogen-bond donors (Lipinski definition) is 2. The number of carbonyl (C=O) groups is 2. The van der Waals surface area contributed by atoms with Crippen LogP contribution >= 0.6 is 0 Å². The molecule has 2 unspecified atom stereocenters. The second-order valence-electron chi connectivity index (χ2n) is 7.21. The second kappa shape index (κ2) is 9.51. The highest BCUT2D eigenvalue weighted by Crippen LogP contribution is 2.21. The van der Waals surface area contributed by atoms with Crippen LogP contribution in [0.5, 0.6) is 0 Å². The molecule has 5 heteroatoms. The van der Waals surface area contributed by atoms with Gasteiger partial charge in [-0.3, -0.25) is 9.59 Å². The molecule has 2 aromatic carbocycles. The number of rotatable bonds is 8. The molecule has 0 radical (unpaired) electrons. The van der Waals surface area contributed by atoms with Crippen molar-refractivity contribution in [2.75, 3.05) is 13.2 Å². The van der Waals surface area contributed by atoms with Crippen LogP contribution in [-0.2, 0) is 20.7 Å². The Kier molecular flexibility index (Phi) is 6.82. The summed E-state index contributed by atoms with van der Waals surface area (Å²) in [7, 11) is 0. The Hall–Kier alpha value is -2.40. The minimum Gasteiger partial charge on any atom is -0.481 e. The van der Waals surface area contributed by atoms with E-state index < -0.39 is 11.9 Å². The molecule has 2 N–H and O–H groups in total. The zero-order chi connectivity index (χ0) is 19.1. The third-order valence-corrected chi connectivity index (χ3v) is 5.21. The van der Waals surface area contributed by atoms with Crippen molar-refractivity contribution in [3.8, 4) is 0 Å². The minimum absolute atomic E-state index is 0.103. The van der Waals surface area contributed by atoms with Crippen LogP contribution in [0.4, 0.5) is 0 Å². The van der Waals surface area contributed by atoms with E-state index in [2.05, 4.69) is 5.32 Å². The number of aliphatic carboxylic acids is 1. The molecule has 3 rings (SSSR count). The number of benzene rings is 2. The van der Waals surface area contributed by atoms with Gasteiger partial charge in [-0.05, 0) is 48.4 Å². The van der Waals surface area contributed by atoms with Crippen LogP contribution in [-0.4, -0.2) is 36.2 Å². The molecule has 0 aliphatic carbocycles. The van der Waals surface area contributed by atoms with Crippen LogP contribution in [0.25, 0.3) is 10.8 Å². The first-order chi connectivity index (χ1) is 13.1. The molecule has 2 atom stereocenters. The third-order valence-electron chi connectivity index (χ3n) is 5.21. The number of amides is 1. The highest BCUT2D eigenvalue weighted by Gasteiger charge is 2.21. The van der Waals surface area contributed by atoms with Gasteiger partial charge in [-0.1, -0.05) is 42.5 Å². The SMILES string of the molecule is O=C(CCC1CCCCO1)NCC(Cc1cccc2ccccc12)C(=O)O. The van der Waals surface area contributed by atoms with Crippen molar-refractivity contribution in [2.45, 2.75) is 44.6 Å². The third kappa shape index (κ3) is 5.54. The quantitative estimate of drug-likeness (QED) is 0.746. The zero-order valence-electron chi connectivity index (χ0n) is 15.5. The second-order valence-corrected chi connectivity index (χ2v) is 7.21. The first kappa shape index (κ1) is 19.4. The standard InChI is InChI=1S/C22H27NO4/c24-21(12-11-19-9-3-4-13-27-19)23-15-18(22(25)26)14-17-8-5-7-16-6-1-2-10-20(16)17/h1-2,5-8,10,18-19H,3-4,9,11-15H2,(H,23,24)(H,25,26). The van der Waals surface area contributed by atoms with Crippen molar-refractivity contribution in [1.29, 1.82) is 0 Å². The lowest BCUT2D eigenvalue weighted by molar-refractivity contribution is -0.141. The Morgan fingerprint density at radius 2 is 1.96 bits per heavy atom. The smallest absolute Gasteiger partial charge is 0.308 e. The number of fused-ring (bicyclic) bond motifs is 1. The molecular formula is C22H27NO4. The topological polar surface area (TPSA) is 75.6 Å². The van der Waals surface area contributed by atoms with Gasteiger partial charge >= 0.3 is 5.97 Å². The van der Waals surface area contributed by atoms with Gasteiger partial charge in [0.1, 0.15) is 0 Å². The van der Waals surface area contributed by atoms with E-state index in [0.29, 0.717) is 19.3 Å². The van der Waals surface area contributed by atoms with E-state index in [-0.39, 0.29) is 18.6 Å². The molecule has 1 heterocycles. The lowest BCUT2D eigenvalue weighted by Crippen LogP contribution is -2.34. The molecule has 0 saturated carbocycles. The van der Waals surface area contributed by atoms with Crippen molar-refractivity contribution in [2.24, 2.45) is 5.92 Å². The van der Waals surface area contributed by atoms with Crippen LogP contribution in [0.3, 0.4) is 0 Å². The van der Waals surface area contributed by atoms with Gasteiger partial charge in [0, 0.05) is 19.6 Å². The molecule has 0 aromatic heterocycles. The normalized spacial score (nSPS) is 18.1. The summed E-state index contributed by atoms with van der Waals surface area (Å²) in [6.07, 6.45) is 4.89. The fourth-order valence-corrected chi connectivity index (χ4v) is 3.64. The van der Waals surface area contributed by atoms with Crippen LogP contribution in [0, 0.1) is 5.92 Å². The summed E-state index contributed by atoms with van der Waals surface area (Å²) in [6.45, 7) is 0.918. The summed E-state index contributed by atoms with van der Waals surface area (Å²) in [5.74, 6) is -1.64. The van der Waals surface area contributed by atoms with Crippen molar-refractivity contribution >= 4 is 22.6 Å². The number of hydrogen-bond acceptors (Lipinski definition) is 3. The fraction of sp³-hybridized carbons (Fsp3) is 0.455. The van der Waals surface area contributed by atoms with Crippen molar-refractivity contribution < 1.29 is 19.4 Å². The molecule has 1 fully saturated rings. The van der Waals surface area contributed by atoms with Crippen LogP contribution in [0.2, 0.25) is 0 Å². The van der Waals surface area contributed by atoms with E-state index in [1.165, 1.54) is 0 Å². The lowest BCUT2D eigenvalue weighted by Gasteiger charge is -2.22. The first-order valence-corrected chi connectivity index (χ1v) is 9.71. The van der Waals surface area contributed by atoms with Gasteiger partial charge in [-0.2, -0.15) is 0 Å². The van der Waals surface area contributed by atoms with E-state index in [0.717, 1.165) is 42.2 Å². The molecule has 0 spiro atoms. The van der Waals surface area contributed by atoms with Gasteiger partial charge in [0.25, 0.3) is 0 Å². The monoisotopic (exact) mass is 369 g/mol. The molecule has 144 valence electrons. The van der Waals surface area contributed by atoms with Gasteiger partial charge in [-0.15, -0.1) is 0 Å². The van der Waals surface area contributed by atoms with Crippen LogP contribution < -0.4 is 5.32 Å². The highest BCUT2D eigenvalue weighted by molar-refractivity contribution is 5.86. The number of carboxylic acids is 1. The summed E-state index contributed by atoms with van der Waals surface area (Å²) in [6, 6.07) is 13.9. The largest absolute Gasteiger partial charge is 0.481 e. The number of carbonyl (C=O) groups excluding carboxylic acids is 1. The Labute approximate surface area is 159 Å². The molecule has 1 aliphatic heterocycles. The summed E-state index contributed by atoms with van der Waals surface area (Å²) < 4.78 is 5.64. The molecule has 27 heavy (non-hydrogen) atoms. The lowest BCUT2D eigenvalue weighted by atomic mass is 9.94. The molecular weight excluding hydrogens is 342 g/mol. The summed E-state index contributed by atoms with van der Waals surface area (Å²) in [5.41, 5.74) is 0.991. The van der Waals surface area contributed by atoms with Crippen LogP contribution in [0.1, 0.15) is 37.7 Å². The Morgan fingerprint density at radius 1 is 1.15 bits per heavy atom. The summed E-state index contributed by atoms with van der Waals surface area (Å²) in [4.78, 5) is 23.8. The van der Waals surface area contributed by atoms with E-state index in [9.17, 15) is 14.7 Å². The van der Waals surface area contributed by atoms with Crippen molar-refractivity contribution in [3.05, 3.63) is 48.0 Å².